The number of nitrogens with one attached hydrogen (secondary N) is 1. The van der Waals surface area contributed by atoms with Crippen LogP contribution in [0.15, 0.2) is 59.0 Å². The van der Waals surface area contributed by atoms with Crippen LogP contribution in [0.3, 0.4) is 0 Å². The third kappa shape index (κ3) is 4.96. The van der Waals surface area contributed by atoms with E-state index in [-0.39, 0.29) is 11.7 Å². The number of benzene rings is 1. The Morgan fingerprint density at radius 3 is 2.71 bits per heavy atom. The third-order valence-corrected chi connectivity index (χ3v) is 5.11. The second-order valence-electron chi connectivity index (χ2n) is 5.82. The molecule has 0 aliphatic carbocycles. The Morgan fingerprint density at radius 2 is 2.04 bits per heavy atom. The summed E-state index contributed by atoms with van der Waals surface area (Å²) < 4.78 is 1.96. The lowest BCUT2D eigenvalue weighted by Crippen LogP contribution is -2.21. The minimum atomic E-state index is -0.216. The quantitative estimate of drug-likeness (QED) is 0.362. The van der Waals surface area contributed by atoms with Crippen LogP contribution in [0.5, 0.6) is 0 Å². The highest BCUT2D eigenvalue weighted by atomic mass is 35.5. The van der Waals surface area contributed by atoms with Gasteiger partial charge in [-0.3, -0.25) is 9.78 Å². The van der Waals surface area contributed by atoms with Gasteiger partial charge in [-0.2, -0.15) is 5.10 Å². The van der Waals surface area contributed by atoms with E-state index >= 15 is 0 Å². The summed E-state index contributed by atoms with van der Waals surface area (Å²) in [6, 6.07) is 11.1. The van der Waals surface area contributed by atoms with Crippen molar-refractivity contribution in [1.29, 1.82) is 0 Å². The van der Waals surface area contributed by atoms with Gasteiger partial charge < -0.3 is 4.57 Å². The van der Waals surface area contributed by atoms with Crippen LogP contribution in [0.25, 0.3) is 11.4 Å². The number of hydrogen-bond donors (Lipinski definition) is 1. The Balaban J connectivity index is 1.63. The zero-order valence-corrected chi connectivity index (χ0v) is 17.0. The lowest BCUT2D eigenvalue weighted by atomic mass is 10.2. The molecule has 0 saturated heterocycles. The number of carbonyl (C=O) groups excluding carboxylic acids is 1. The first-order chi connectivity index (χ1) is 13.6. The first kappa shape index (κ1) is 20.0. The molecule has 0 aliphatic rings. The predicted molar refractivity (Wildman–Crippen MR) is 111 cm³/mol. The van der Waals surface area contributed by atoms with Crippen LogP contribution in [0, 0.1) is 0 Å². The second-order valence-corrected chi connectivity index (χ2v) is 7.20. The van der Waals surface area contributed by atoms with E-state index in [9.17, 15) is 4.79 Å². The summed E-state index contributed by atoms with van der Waals surface area (Å²) in [5, 5.41) is 13.9. The number of aromatic nitrogens is 4. The molecule has 144 valence electrons. The Labute approximate surface area is 172 Å². The van der Waals surface area contributed by atoms with E-state index in [2.05, 4.69) is 25.7 Å². The molecule has 0 fully saturated rings. The van der Waals surface area contributed by atoms with Crippen molar-refractivity contribution >= 4 is 35.0 Å². The SMILES string of the molecule is CCn1c(SCC(=O)N/N=C(\C)c2cccnc2)nnc1-c1ccc(Cl)cc1. The molecular weight excluding hydrogens is 396 g/mol. The van der Waals surface area contributed by atoms with E-state index in [0.717, 1.165) is 17.0 Å². The molecule has 0 unspecified atom stereocenters. The summed E-state index contributed by atoms with van der Waals surface area (Å²) in [6.45, 7) is 4.51. The molecule has 7 nitrogen and oxygen atoms in total. The van der Waals surface area contributed by atoms with Crippen molar-refractivity contribution in [3.8, 4) is 11.4 Å². The van der Waals surface area contributed by atoms with Crippen molar-refractivity contribution < 1.29 is 4.79 Å². The van der Waals surface area contributed by atoms with Crippen molar-refractivity contribution in [2.45, 2.75) is 25.5 Å². The third-order valence-electron chi connectivity index (χ3n) is 3.90. The number of hydrazone groups is 1. The molecule has 9 heteroatoms. The molecule has 0 atom stereocenters. The van der Waals surface area contributed by atoms with Crippen molar-refractivity contribution in [3.63, 3.8) is 0 Å². The van der Waals surface area contributed by atoms with Crippen molar-refractivity contribution in [1.82, 2.24) is 25.2 Å². The molecular formula is C19H19ClN6OS. The largest absolute Gasteiger partial charge is 0.302 e. The van der Waals surface area contributed by atoms with E-state index in [1.807, 2.05) is 54.8 Å². The van der Waals surface area contributed by atoms with Gasteiger partial charge in [-0.25, -0.2) is 5.43 Å². The van der Waals surface area contributed by atoms with Crippen LogP contribution >= 0.6 is 23.4 Å². The summed E-state index contributed by atoms with van der Waals surface area (Å²) in [5.74, 6) is 0.710. The zero-order chi connectivity index (χ0) is 19.9. The van der Waals surface area contributed by atoms with E-state index in [4.69, 9.17) is 11.6 Å². The minimum Gasteiger partial charge on any atom is -0.302 e. The van der Waals surface area contributed by atoms with E-state index < -0.39 is 0 Å². The van der Waals surface area contributed by atoms with Crippen molar-refractivity contribution in [2.24, 2.45) is 5.10 Å². The zero-order valence-electron chi connectivity index (χ0n) is 15.5. The Kier molecular flexibility index (Phi) is 6.78. The van der Waals surface area contributed by atoms with Gasteiger partial charge in [-0.1, -0.05) is 29.4 Å². The number of pyridine rings is 1. The molecule has 0 spiro atoms. The molecule has 3 rings (SSSR count). The minimum absolute atomic E-state index is 0.183. The van der Waals surface area contributed by atoms with E-state index in [1.54, 1.807) is 12.4 Å². The molecule has 3 aromatic rings. The van der Waals surface area contributed by atoms with Gasteiger partial charge in [0.1, 0.15) is 0 Å². The van der Waals surface area contributed by atoms with Gasteiger partial charge in [0.15, 0.2) is 11.0 Å². The number of halogens is 1. The Morgan fingerprint density at radius 1 is 1.25 bits per heavy atom. The monoisotopic (exact) mass is 414 g/mol. The number of rotatable bonds is 7. The summed E-state index contributed by atoms with van der Waals surface area (Å²) in [5.41, 5.74) is 5.03. The van der Waals surface area contributed by atoms with Crippen molar-refractivity contribution in [2.75, 3.05) is 5.75 Å². The standard InChI is InChI=1S/C19H19ClN6OS/c1-3-26-18(14-6-8-16(20)9-7-14)24-25-19(26)28-12-17(27)23-22-13(2)15-5-4-10-21-11-15/h4-11H,3,12H2,1-2H3,(H,23,27)/b22-13+. The lowest BCUT2D eigenvalue weighted by Gasteiger charge is -2.07. The van der Waals surface area contributed by atoms with Gasteiger partial charge >= 0.3 is 0 Å². The number of nitrogens with zero attached hydrogens (tertiary/aromatic N) is 5. The van der Waals surface area contributed by atoms with Crippen LogP contribution in [0.4, 0.5) is 0 Å². The molecule has 2 aromatic heterocycles. The lowest BCUT2D eigenvalue weighted by molar-refractivity contribution is -0.118. The van der Waals surface area contributed by atoms with Gasteiger partial charge in [0.25, 0.3) is 5.91 Å². The average molecular weight is 415 g/mol. The Bertz CT molecular complexity index is 972. The van der Waals surface area contributed by atoms with Gasteiger partial charge in [0.2, 0.25) is 0 Å². The van der Waals surface area contributed by atoms with Crippen molar-refractivity contribution in [3.05, 3.63) is 59.4 Å². The summed E-state index contributed by atoms with van der Waals surface area (Å²) in [6.07, 6.45) is 3.38. The summed E-state index contributed by atoms with van der Waals surface area (Å²) >= 11 is 7.26. The van der Waals surface area contributed by atoms with Crippen LogP contribution in [-0.2, 0) is 11.3 Å². The normalized spacial score (nSPS) is 11.5. The van der Waals surface area contributed by atoms with Gasteiger partial charge in [0.05, 0.1) is 11.5 Å². The Hall–Kier alpha value is -2.71. The molecule has 1 amide bonds. The summed E-state index contributed by atoms with van der Waals surface area (Å²) in [4.78, 5) is 16.2. The van der Waals surface area contributed by atoms with Crippen LogP contribution in [-0.4, -0.2) is 37.1 Å². The highest BCUT2D eigenvalue weighted by Crippen LogP contribution is 2.24. The molecule has 2 heterocycles. The second kappa shape index (κ2) is 9.48. The number of amides is 1. The molecule has 0 radical (unpaired) electrons. The van der Waals surface area contributed by atoms with E-state index in [0.29, 0.717) is 22.4 Å². The number of carbonyl (C=O) groups is 1. The average Bonchev–Trinajstić information content (AvgIpc) is 3.14. The molecule has 0 aliphatic heterocycles. The highest BCUT2D eigenvalue weighted by Gasteiger charge is 2.14. The van der Waals surface area contributed by atoms with Gasteiger partial charge in [-0.15, -0.1) is 10.2 Å². The highest BCUT2D eigenvalue weighted by molar-refractivity contribution is 7.99. The number of hydrogen-bond acceptors (Lipinski definition) is 6. The van der Waals surface area contributed by atoms with Crippen LogP contribution in [0.1, 0.15) is 19.4 Å². The molecule has 1 aromatic carbocycles. The van der Waals surface area contributed by atoms with E-state index in [1.165, 1.54) is 11.8 Å². The maximum atomic E-state index is 12.1. The maximum Gasteiger partial charge on any atom is 0.250 e. The van der Waals surface area contributed by atoms with Gasteiger partial charge in [-0.05, 0) is 44.2 Å². The smallest absolute Gasteiger partial charge is 0.250 e. The maximum absolute atomic E-state index is 12.1. The predicted octanol–water partition coefficient (Wildman–Crippen LogP) is 3.65. The number of thioether (sulfide) groups is 1. The molecule has 28 heavy (non-hydrogen) atoms. The van der Waals surface area contributed by atoms with Crippen LogP contribution in [0.2, 0.25) is 5.02 Å². The molecule has 0 saturated carbocycles. The first-order valence-corrected chi connectivity index (χ1v) is 10.00. The van der Waals surface area contributed by atoms with Crippen LogP contribution < -0.4 is 5.43 Å². The topological polar surface area (TPSA) is 85.1 Å². The first-order valence-electron chi connectivity index (χ1n) is 8.64. The van der Waals surface area contributed by atoms with Gasteiger partial charge in [0, 0.05) is 35.1 Å². The fourth-order valence-corrected chi connectivity index (χ4v) is 3.36. The molecule has 0 bridgehead atoms. The fraction of sp³-hybridized carbons (Fsp3) is 0.211. The summed E-state index contributed by atoms with van der Waals surface area (Å²) in [7, 11) is 0. The molecule has 1 N–H and O–H groups in total. The fourth-order valence-electron chi connectivity index (χ4n) is 2.44.